The van der Waals surface area contributed by atoms with Gasteiger partial charge in [0.05, 0.1) is 18.2 Å². The van der Waals surface area contributed by atoms with Gasteiger partial charge in [-0.1, -0.05) is 6.07 Å². The summed E-state index contributed by atoms with van der Waals surface area (Å²) in [4.78, 5) is 25.5. The van der Waals surface area contributed by atoms with Crippen LogP contribution >= 0.6 is 0 Å². The fraction of sp³-hybridized carbons (Fsp3) is 0.250. The summed E-state index contributed by atoms with van der Waals surface area (Å²) in [7, 11) is 1.45. The Kier molecular flexibility index (Phi) is 2.90. The van der Waals surface area contributed by atoms with Crippen LogP contribution in [0.2, 0.25) is 0 Å². The number of carbonyl (C=O) groups excluding carboxylic acids is 1. The van der Waals surface area contributed by atoms with E-state index in [9.17, 15) is 9.59 Å². The minimum atomic E-state index is -1.04. The van der Waals surface area contributed by atoms with Crippen molar-refractivity contribution >= 4 is 17.7 Å². The van der Waals surface area contributed by atoms with E-state index in [2.05, 4.69) is 0 Å². The zero-order valence-corrected chi connectivity index (χ0v) is 9.70. The van der Waals surface area contributed by atoms with Gasteiger partial charge in [-0.05, 0) is 18.2 Å². The number of anilines is 1. The molecule has 1 atom stereocenters. The van der Waals surface area contributed by atoms with Crippen molar-refractivity contribution in [3.05, 3.63) is 29.8 Å². The molecular weight excluding hydrogens is 234 g/mol. The summed E-state index contributed by atoms with van der Waals surface area (Å²) in [5, 5.41) is 17.8. The first-order valence-corrected chi connectivity index (χ1v) is 5.32. The minimum absolute atomic E-state index is 0.0829. The Bertz CT molecular complexity index is 550. The van der Waals surface area contributed by atoms with Crippen molar-refractivity contribution < 1.29 is 14.7 Å². The molecule has 1 saturated heterocycles. The molecule has 0 aromatic heterocycles. The standard InChI is InChI=1S/C12H11N3O3/c1-14-10(11(16)17)7-15(12(14)18)9-4-2-3-8(5-9)6-13/h2-5,10H,7H2,1H3,(H,16,17). The molecule has 1 unspecified atom stereocenters. The van der Waals surface area contributed by atoms with Gasteiger partial charge in [0.25, 0.3) is 0 Å². The fourth-order valence-corrected chi connectivity index (χ4v) is 1.90. The van der Waals surface area contributed by atoms with Crippen LogP contribution in [-0.2, 0) is 4.79 Å². The van der Waals surface area contributed by atoms with Gasteiger partial charge in [-0.2, -0.15) is 5.26 Å². The average Bonchev–Trinajstić information content (AvgIpc) is 2.67. The predicted molar refractivity (Wildman–Crippen MR) is 63.1 cm³/mol. The van der Waals surface area contributed by atoms with Gasteiger partial charge >= 0.3 is 12.0 Å². The summed E-state index contributed by atoms with van der Waals surface area (Å²) in [5.74, 6) is -1.04. The number of rotatable bonds is 2. The normalized spacial score (nSPS) is 18.9. The van der Waals surface area contributed by atoms with Crippen molar-refractivity contribution in [1.82, 2.24) is 4.90 Å². The molecule has 0 radical (unpaired) electrons. The second-order valence-corrected chi connectivity index (χ2v) is 4.02. The van der Waals surface area contributed by atoms with Crippen LogP contribution in [0.15, 0.2) is 24.3 Å². The van der Waals surface area contributed by atoms with Gasteiger partial charge in [0.2, 0.25) is 0 Å². The lowest BCUT2D eigenvalue weighted by atomic mass is 10.2. The number of nitriles is 1. The summed E-state index contributed by atoms with van der Waals surface area (Å²) < 4.78 is 0. The summed E-state index contributed by atoms with van der Waals surface area (Å²) in [6.07, 6.45) is 0. The van der Waals surface area contributed by atoms with Crippen molar-refractivity contribution in [2.45, 2.75) is 6.04 Å². The first-order valence-electron chi connectivity index (χ1n) is 5.32. The summed E-state index contributed by atoms with van der Waals surface area (Å²) in [6, 6.07) is 7.28. The van der Waals surface area contributed by atoms with Crippen LogP contribution in [0.5, 0.6) is 0 Å². The number of carboxylic acid groups (broad SMARTS) is 1. The maximum absolute atomic E-state index is 11.9. The molecule has 18 heavy (non-hydrogen) atoms. The van der Waals surface area contributed by atoms with Crippen LogP contribution < -0.4 is 4.90 Å². The molecule has 6 heteroatoms. The highest BCUT2D eigenvalue weighted by Crippen LogP contribution is 2.23. The molecule has 1 aromatic rings. The molecule has 6 nitrogen and oxygen atoms in total. The van der Waals surface area contributed by atoms with Gasteiger partial charge in [0, 0.05) is 12.7 Å². The van der Waals surface area contributed by atoms with Crippen LogP contribution in [0.25, 0.3) is 0 Å². The van der Waals surface area contributed by atoms with Gasteiger partial charge in [0.15, 0.2) is 0 Å². The number of hydrogen-bond acceptors (Lipinski definition) is 3. The van der Waals surface area contributed by atoms with E-state index in [-0.39, 0.29) is 12.6 Å². The van der Waals surface area contributed by atoms with Gasteiger partial charge in [-0.25, -0.2) is 9.59 Å². The number of hydrogen-bond donors (Lipinski definition) is 1. The van der Waals surface area contributed by atoms with E-state index in [0.29, 0.717) is 11.3 Å². The molecular formula is C12H11N3O3. The lowest BCUT2D eigenvalue weighted by molar-refractivity contribution is -0.140. The SMILES string of the molecule is CN1C(=O)N(c2cccc(C#N)c2)CC1C(=O)O. The Morgan fingerprint density at radius 2 is 2.28 bits per heavy atom. The van der Waals surface area contributed by atoms with Crippen molar-refractivity contribution in [3.63, 3.8) is 0 Å². The Morgan fingerprint density at radius 1 is 1.56 bits per heavy atom. The minimum Gasteiger partial charge on any atom is -0.480 e. The zero-order chi connectivity index (χ0) is 13.3. The Balaban J connectivity index is 2.32. The van der Waals surface area contributed by atoms with E-state index in [0.717, 1.165) is 0 Å². The van der Waals surface area contributed by atoms with Crippen LogP contribution in [-0.4, -0.2) is 41.6 Å². The predicted octanol–water partition coefficient (Wildman–Crippen LogP) is 0.883. The summed E-state index contributed by atoms with van der Waals surface area (Å²) in [5.41, 5.74) is 0.969. The molecule has 1 heterocycles. The van der Waals surface area contributed by atoms with Crippen LogP contribution in [0.1, 0.15) is 5.56 Å². The number of carbonyl (C=O) groups is 2. The second kappa shape index (κ2) is 4.37. The molecule has 1 aromatic carbocycles. The molecule has 1 aliphatic rings. The number of aliphatic carboxylic acids is 1. The maximum Gasteiger partial charge on any atom is 0.328 e. The molecule has 1 fully saturated rings. The van der Waals surface area contributed by atoms with Crippen molar-refractivity contribution in [1.29, 1.82) is 5.26 Å². The third kappa shape index (κ3) is 1.86. The zero-order valence-electron chi connectivity index (χ0n) is 9.70. The Morgan fingerprint density at radius 3 is 2.83 bits per heavy atom. The molecule has 0 aliphatic carbocycles. The van der Waals surface area contributed by atoms with Gasteiger partial charge in [-0.3, -0.25) is 4.90 Å². The number of urea groups is 1. The third-order valence-electron chi connectivity index (χ3n) is 2.93. The average molecular weight is 245 g/mol. The lowest BCUT2D eigenvalue weighted by Crippen LogP contribution is -2.36. The molecule has 0 saturated carbocycles. The van der Waals surface area contributed by atoms with Crippen LogP contribution in [0.3, 0.4) is 0 Å². The molecule has 2 rings (SSSR count). The summed E-state index contributed by atoms with van der Waals surface area (Å²) in [6.45, 7) is 0.0829. The fourth-order valence-electron chi connectivity index (χ4n) is 1.90. The van der Waals surface area contributed by atoms with E-state index in [1.807, 2.05) is 6.07 Å². The molecule has 0 bridgehead atoms. The molecule has 0 spiro atoms. The number of amides is 2. The maximum atomic E-state index is 11.9. The second-order valence-electron chi connectivity index (χ2n) is 4.02. The van der Waals surface area contributed by atoms with E-state index in [4.69, 9.17) is 10.4 Å². The Labute approximate surface area is 104 Å². The first kappa shape index (κ1) is 11.9. The van der Waals surface area contributed by atoms with Crippen LogP contribution in [0.4, 0.5) is 10.5 Å². The first-order chi connectivity index (χ1) is 8.54. The smallest absolute Gasteiger partial charge is 0.328 e. The largest absolute Gasteiger partial charge is 0.480 e. The van der Waals surface area contributed by atoms with Crippen molar-refractivity contribution in [3.8, 4) is 6.07 Å². The van der Waals surface area contributed by atoms with Gasteiger partial charge in [-0.15, -0.1) is 0 Å². The van der Waals surface area contributed by atoms with Crippen molar-refractivity contribution in [2.24, 2.45) is 0 Å². The van der Waals surface area contributed by atoms with E-state index in [1.165, 1.54) is 16.8 Å². The molecule has 1 aliphatic heterocycles. The highest BCUT2D eigenvalue weighted by molar-refractivity contribution is 5.98. The number of nitrogens with zero attached hydrogens (tertiary/aromatic N) is 3. The molecule has 92 valence electrons. The highest BCUT2D eigenvalue weighted by Gasteiger charge is 2.39. The van der Waals surface area contributed by atoms with E-state index in [1.54, 1.807) is 24.3 Å². The number of benzene rings is 1. The number of likely N-dealkylation sites (N-methyl/N-ethyl adjacent to an activating group) is 1. The lowest BCUT2D eigenvalue weighted by Gasteiger charge is -2.15. The quantitative estimate of drug-likeness (QED) is 0.838. The topological polar surface area (TPSA) is 84.6 Å². The molecule has 1 N–H and O–H groups in total. The van der Waals surface area contributed by atoms with Gasteiger partial charge < -0.3 is 10.0 Å². The third-order valence-corrected chi connectivity index (χ3v) is 2.93. The van der Waals surface area contributed by atoms with Crippen LogP contribution in [0, 0.1) is 11.3 Å². The summed E-state index contributed by atoms with van der Waals surface area (Å²) >= 11 is 0. The van der Waals surface area contributed by atoms with Crippen molar-refractivity contribution in [2.75, 3.05) is 18.5 Å². The Hall–Kier alpha value is -2.55. The van der Waals surface area contributed by atoms with E-state index >= 15 is 0 Å². The number of carboxylic acids is 1. The monoisotopic (exact) mass is 245 g/mol. The van der Waals surface area contributed by atoms with Gasteiger partial charge in [0.1, 0.15) is 6.04 Å². The van der Waals surface area contributed by atoms with E-state index < -0.39 is 12.0 Å². The highest BCUT2D eigenvalue weighted by atomic mass is 16.4. The molecule has 2 amide bonds.